The molecule has 0 aliphatic carbocycles. The molecule has 2 aromatic carbocycles. The Bertz CT molecular complexity index is 1450. The second-order valence-electron chi connectivity index (χ2n) is 10.9. The number of aromatic hydroxyl groups is 1. The van der Waals surface area contributed by atoms with E-state index < -0.39 is 60.2 Å². The first-order valence-corrected chi connectivity index (χ1v) is 13.8. The number of carbonyl (C=O) groups is 5. The highest BCUT2D eigenvalue weighted by atomic mass is 16.4. The Morgan fingerprint density at radius 1 is 0.837 bits per heavy atom. The summed E-state index contributed by atoms with van der Waals surface area (Å²) in [4.78, 5) is 66.3. The fourth-order valence-corrected chi connectivity index (χ4v) is 4.64. The van der Waals surface area contributed by atoms with Crippen LogP contribution in [0.4, 0.5) is 0 Å². The molecule has 43 heavy (non-hydrogen) atoms. The summed E-state index contributed by atoms with van der Waals surface area (Å²) in [6.45, 7) is 3.66. The predicted octanol–water partition coefficient (Wildman–Crippen LogP) is 0.447. The van der Waals surface area contributed by atoms with Gasteiger partial charge in [-0.15, -0.1) is 0 Å². The summed E-state index contributed by atoms with van der Waals surface area (Å²) in [7, 11) is 0. The number of nitrogens with one attached hydrogen (secondary N) is 4. The number of phenols is 1. The fourth-order valence-electron chi connectivity index (χ4n) is 4.64. The molecule has 3 rings (SSSR count). The molecule has 4 atom stereocenters. The fraction of sp³-hybridized carbons (Fsp3) is 0.367. The Hall–Kier alpha value is -4.91. The van der Waals surface area contributed by atoms with Crippen LogP contribution in [0.3, 0.4) is 0 Å². The molecule has 0 fully saturated rings. The number of phenolic OH excluding ortho intramolecular Hbond substituents is 1. The number of hydrogen-bond donors (Lipinski definition) is 8. The standard InChI is InChI=1S/C30H38N6O7/c1-16(2)11-23(34-27(39)21(31)12-17-7-9-19(37)10-8-17)28(40)35-24(14-26(32)38)29(41)36-25(30(42)43)13-18-15-33-22-6-4-3-5-20(18)22/h3-10,15-16,21,23-25,33,37H,11-14,31H2,1-2H3,(H2,32,38)(H,34,39)(H,35,40)(H,36,41)(H,42,43). The number of rotatable bonds is 15. The third kappa shape index (κ3) is 9.57. The summed E-state index contributed by atoms with van der Waals surface area (Å²) in [5, 5.41) is 27.5. The minimum absolute atomic E-state index is 0.0552. The van der Waals surface area contributed by atoms with E-state index in [0.717, 1.165) is 10.9 Å². The number of carboxylic acids is 1. The Morgan fingerprint density at radius 2 is 1.44 bits per heavy atom. The SMILES string of the molecule is CC(C)CC(NC(=O)C(N)Cc1ccc(O)cc1)C(=O)NC(CC(N)=O)C(=O)NC(Cc1c[nH]c2ccccc12)C(=O)O. The van der Waals surface area contributed by atoms with Gasteiger partial charge in [-0.1, -0.05) is 44.2 Å². The van der Waals surface area contributed by atoms with Crippen molar-refractivity contribution in [3.05, 3.63) is 65.9 Å². The highest BCUT2D eigenvalue weighted by molar-refractivity contribution is 5.96. The topological polar surface area (TPSA) is 230 Å². The van der Waals surface area contributed by atoms with Crippen LogP contribution in [0.25, 0.3) is 10.9 Å². The molecule has 3 aromatic rings. The number of aliphatic carboxylic acids is 1. The first-order valence-electron chi connectivity index (χ1n) is 13.8. The maximum atomic E-state index is 13.3. The molecule has 230 valence electrons. The van der Waals surface area contributed by atoms with Gasteiger partial charge in [0.25, 0.3) is 0 Å². The number of primary amides is 1. The molecule has 10 N–H and O–H groups in total. The minimum atomic E-state index is -1.49. The van der Waals surface area contributed by atoms with Crippen LogP contribution in [0, 0.1) is 5.92 Å². The van der Waals surface area contributed by atoms with E-state index in [1.165, 1.54) is 12.1 Å². The lowest BCUT2D eigenvalue weighted by atomic mass is 10.0. The van der Waals surface area contributed by atoms with E-state index in [2.05, 4.69) is 20.9 Å². The smallest absolute Gasteiger partial charge is 0.326 e. The van der Waals surface area contributed by atoms with Crippen molar-refractivity contribution < 1.29 is 34.2 Å². The van der Waals surface area contributed by atoms with Gasteiger partial charge in [0.1, 0.15) is 23.9 Å². The molecule has 0 spiro atoms. The van der Waals surface area contributed by atoms with Crippen LogP contribution in [0.15, 0.2) is 54.7 Å². The molecule has 0 aliphatic rings. The zero-order chi connectivity index (χ0) is 31.7. The quantitative estimate of drug-likeness (QED) is 0.123. The summed E-state index contributed by atoms with van der Waals surface area (Å²) >= 11 is 0. The van der Waals surface area contributed by atoms with Crippen molar-refractivity contribution >= 4 is 40.5 Å². The predicted molar refractivity (Wildman–Crippen MR) is 158 cm³/mol. The van der Waals surface area contributed by atoms with E-state index in [1.54, 1.807) is 24.4 Å². The van der Waals surface area contributed by atoms with Crippen molar-refractivity contribution in [2.24, 2.45) is 17.4 Å². The molecular formula is C30H38N6O7. The summed E-state index contributed by atoms with van der Waals surface area (Å²) < 4.78 is 0. The van der Waals surface area contributed by atoms with Crippen LogP contribution in [0.1, 0.15) is 37.8 Å². The maximum Gasteiger partial charge on any atom is 0.326 e. The van der Waals surface area contributed by atoms with Crippen LogP contribution in [-0.2, 0) is 36.8 Å². The Kier molecular flexibility index (Phi) is 11.2. The summed E-state index contributed by atoms with van der Waals surface area (Å²) in [5.74, 6) is -4.49. The molecule has 0 bridgehead atoms. The molecule has 0 aliphatic heterocycles. The van der Waals surface area contributed by atoms with E-state index in [1.807, 2.05) is 32.0 Å². The van der Waals surface area contributed by atoms with Crippen molar-refractivity contribution in [1.29, 1.82) is 0 Å². The summed E-state index contributed by atoms with van der Waals surface area (Å²) in [6, 6.07) is 8.47. The number of amides is 4. The van der Waals surface area contributed by atoms with E-state index >= 15 is 0 Å². The lowest BCUT2D eigenvalue weighted by Gasteiger charge is -2.25. The normalized spacial score (nSPS) is 14.0. The largest absolute Gasteiger partial charge is 0.508 e. The molecule has 4 amide bonds. The Morgan fingerprint density at radius 3 is 2.07 bits per heavy atom. The third-order valence-corrected chi connectivity index (χ3v) is 6.82. The lowest BCUT2D eigenvalue weighted by molar-refractivity contribution is -0.142. The number of aromatic amines is 1. The van der Waals surface area contributed by atoms with E-state index in [-0.39, 0.29) is 30.9 Å². The molecular weight excluding hydrogens is 556 g/mol. The maximum absolute atomic E-state index is 13.3. The first kappa shape index (κ1) is 32.6. The van der Waals surface area contributed by atoms with Gasteiger partial charge < -0.3 is 42.6 Å². The van der Waals surface area contributed by atoms with Crippen LogP contribution in [0.5, 0.6) is 5.75 Å². The monoisotopic (exact) mass is 594 g/mol. The number of carbonyl (C=O) groups excluding carboxylic acids is 4. The number of hydrogen-bond acceptors (Lipinski definition) is 7. The van der Waals surface area contributed by atoms with Crippen molar-refractivity contribution in [3.63, 3.8) is 0 Å². The third-order valence-electron chi connectivity index (χ3n) is 6.82. The number of fused-ring (bicyclic) bond motifs is 1. The minimum Gasteiger partial charge on any atom is -0.508 e. The van der Waals surface area contributed by atoms with Gasteiger partial charge in [0.2, 0.25) is 23.6 Å². The molecule has 0 saturated carbocycles. The molecule has 0 radical (unpaired) electrons. The summed E-state index contributed by atoms with van der Waals surface area (Å²) in [5.41, 5.74) is 13.6. The molecule has 13 heteroatoms. The van der Waals surface area contributed by atoms with Crippen LogP contribution < -0.4 is 27.4 Å². The van der Waals surface area contributed by atoms with Gasteiger partial charge in [0.15, 0.2) is 0 Å². The van der Waals surface area contributed by atoms with Gasteiger partial charge >= 0.3 is 5.97 Å². The van der Waals surface area contributed by atoms with E-state index in [0.29, 0.717) is 11.1 Å². The molecule has 0 saturated heterocycles. The van der Waals surface area contributed by atoms with Gasteiger partial charge in [-0.2, -0.15) is 0 Å². The number of para-hydroxylation sites is 1. The molecule has 4 unspecified atom stereocenters. The van der Waals surface area contributed by atoms with Gasteiger partial charge in [-0.25, -0.2) is 4.79 Å². The molecule has 1 aromatic heterocycles. The summed E-state index contributed by atoms with van der Waals surface area (Å²) in [6.07, 6.45) is 1.32. The number of aromatic nitrogens is 1. The van der Waals surface area contributed by atoms with Gasteiger partial charge in [-0.3, -0.25) is 19.2 Å². The Balaban J connectivity index is 1.71. The van der Waals surface area contributed by atoms with E-state index in [4.69, 9.17) is 11.5 Å². The average Bonchev–Trinajstić information content (AvgIpc) is 3.35. The van der Waals surface area contributed by atoms with Crippen molar-refractivity contribution in [3.8, 4) is 5.75 Å². The van der Waals surface area contributed by atoms with Crippen LogP contribution in [-0.4, -0.2) is 69.0 Å². The zero-order valence-electron chi connectivity index (χ0n) is 24.0. The van der Waals surface area contributed by atoms with Crippen LogP contribution >= 0.6 is 0 Å². The first-order chi connectivity index (χ1) is 20.3. The highest BCUT2D eigenvalue weighted by Crippen LogP contribution is 2.19. The number of carboxylic acid groups (broad SMARTS) is 1. The zero-order valence-corrected chi connectivity index (χ0v) is 24.0. The number of nitrogens with two attached hydrogens (primary N) is 2. The van der Waals surface area contributed by atoms with Crippen molar-refractivity contribution in [2.45, 2.75) is 63.7 Å². The van der Waals surface area contributed by atoms with Crippen molar-refractivity contribution in [1.82, 2.24) is 20.9 Å². The second kappa shape index (κ2) is 14.8. The van der Waals surface area contributed by atoms with Gasteiger partial charge in [-0.05, 0) is 48.1 Å². The second-order valence-corrected chi connectivity index (χ2v) is 10.9. The van der Waals surface area contributed by atoms with E-state index in [9.17, 15) is 34.2 Å². The molecule has 1 heterocycles. The highest BCUT2D eigenvalue weighted by Gasteiger charge is 2.32. The molecule has 13 nitrogen and oxygen atoms in total. The lowest BCUT2D eigenvalue weighted by Crippen LogP contribution is -2.58. The number of H-pyrrole nitrogens is 1. The average molecular weight is 595 g/mol. The van der Waals surface area contributed by atoms with Gasteiger partial charge in [0, 0.05) is 23.5 Å². The van der Waals surface area contributed by atoms with Crippen molar-refractivity contribution in [2.75, 3.05) is 0 Å². The Labute approximate surface area is 248 Å². The number of benzene rings is 2. The van der Waals surface area contributed by atoms with Gasteiger partial charge in [0.05, 0.1) is 12.5 Å². The van der Waals surface area contributed by atoms with Crippen LogP contribution in [0.2, 0.25) is 0 Å².